The van der Waals surface area contributed by atoms with E-state index in [0.717, 1.165) is 36.3 Å². The number of carbonyl (C=O) groups is 1. The average Bonchev–Trinajstić information content (AvgIpc) is 3.39. The topological polar surface area (TPSA) is 79.6 Å². The molecule has 0 radical (unpaired) electrons. The van der Waals surface area contributed by atoms with Crippen molar-refractivity contribution in [1.82, 2.24) is 10.2 Å². The van der Waals surface area contributed by atoms with E-state index in [1.165, 1.54) is 0 Å². The Morgan fingerprint density at radius 2 is 1.74 bits per heavy atom. The maximum Gasteiger partial charge on any atom is 0.255 e. The zero-order chi connectivity index (χ0) is 18.9. The lowest BCUT2D eigenvalue weighted by atomic mass is 10.1. The molecule has 1 saturated heterocycles. The molecular formula is C20H24N2O4S. The van der Waals surface area contributed by atoms with Gasteiger partial charge in [-0.15, -0.1) is 0 Å². The fraction of sp³-hybridized carbons (Fsp3) is 0.450. The minimum Gasteiger partial charge on any atom is -0.468 e. The first kappa shape index (κ1) is 18.3. The minimum absolute atomic E-state index is 0.0933. The third-order valence-corrected chi connectivity index (χ3v) is 6.82. The number of carbonyl (C=O) groups excluding carboxylic acids is 1. The normalized spacial score (nSPS) is 19.7. The second-order valence-electron chi connectivity index (χ2n) is 7.40. The van der Waals surface area contributed by atoms with Gasteiger partial charge in [0.05, 0.1) is 23.3 Å². The largest absolute Gasteiger partial charge is 0.468 e. The summed E-state index contributed by atoms with van der Waals surface area (Å²) in [7, 11) is -2.84. The Kier molecular flexibility index (Phi) is 5.06. The van der Waals surface area contributed by atoms with Crippen LogP contribution in [0.3, 0.4) is 0 Å². The molecule has 0 bridgehead atoms. The summed E-state index contributed by atoms with van der Waals surface area (Å²) in [6.07, 6.45) is 3.78. The SMILES string of the molecule is O=C(NCc1ccc(CN2CCS(=O)(=O)CC2)cc1)c1ccoc1C1CC1. The van der Waals surface area contributed by atoms with Crippen LogP contribution < -0.4 is 5.32 Å². The van der Waals surface area contributed by atoms with Crippen LogP contribution in [-0.4, -0.2) is 43.8 Å². The lowest BCUT2D eigenvalue weighted by molar-refractivity contribution is 0.0949. The van der Waals surface area contributed by atoms with Crippen LogP contribution in [0.25, 0.3) is 0 Å². The number of hydrogen-bond donors (Lipinski definition) is 1. The van der Waals surface area contributed by atoms with Crippen molar-refractivity contribution in [1.29, 1.82) is 0 Å². The Morgan fingerprint density at radius 3 is 2.41 bits per heavy atom. The number of rotatable bonds is 6. The van der Waals surface area contributed by atoms with Crippen LogP contribution in [0.2, 0.25) is 0 Å². The molecule has 144 valence electrons. The molecule has 4 rings (SSSR count). The zero-order valence-corrected chi connectivity index (χ0v) is 16.0. The Bertz CT molecular complexity index is 900. The summed E-state index contributed by atoms with van der Waals surface area (Å²) in [6.45, 7) is 2.40. The lowest BCUT2D eigenvalue weighted by Crippen LogP contribution is -2.39. The van der Waals surface area contributed by atoms with Gasteiger partial charge in [0.2, 0.25) is 0 Å². The molecule has 27 heavy (non-hydrogen) atoms. The molecule has 0 spiro atoms. The van der Waals surface area contributed by atoms with E-state index < -0.39 is 9.84 Å². The predicted octanol–water partition coefficient (Wildman–Crippen LogP) is 2.32. The molecule has 2 fully saturated rings. The van der Waals surface area contributed by atoms with Crippen molar-refractivity contribution in [2.24, 2.45) is 0 Å². The predicted molar refractivity (Wildman–Crippen MR) is 102 cm³/mol. The Morgan fingerprint density at radius 1 is 1.07 bits per heavy atom. The highest BCUT2D eigenvalue weighted by Gasteiger charge is 2.31. The second-order valence-corrected chi connectivity index (χ2v) is 9.70. The van der Waals surface area contributed by atoms with E-state index in [9.17, 15) is 13.2 Å². The van der Waals surface area contributed by atoms with Crippen molar-refractivity contribution in [3.63, 3.8) is 0 Å². The Balaban J connectivity index is 1.29. The number of benzene rings is 1. The number of sulfone groups is 1. The van der Waals surface area contributed by atoms with Crippen LogP contribution in [0.5, 0.6) is 0 Å². The van der Waals surface area contributed by atoms with E-state index in [1.54, 1.807) is 12.3 Å². The Hall–Kier alpha value is -2.12. The van der Waals surface area contributed by atoms with Gasteiger partial charge in [0.25, 0.3) is 5.91 Å². The van der Waals surface area contributed by atoms with Gasteiger partial charge in [-0.2, -0.15) is 0 Å². The van der Waals surface area contributed by atoms with Crippen molar-refractivity contribution in [2.45, 2.75) is 31.8 Å². The minimum atomic E-state index is -2.84. The fourth-order valence-electron chi connectivity index (χ4n) is 3.38. The van der Waals surface area contributed by atoms with E-state index in [-0.39, 0.29) is 17.4 Å². The molecule has 2 aromatic rings. The second kappa shape index (κ2) is 7.48. The van der Waals surface area contributed by atoms with E-state index in [0.29, 0.717) is 31.1 Å². The van der Waals surface area contributed by atoms with Crippen LogP contribution in [0.4, 0.5) is 0 Å². The smallest absolute Gasteiger partial charge is 0.255 e. The average molecular weight is 388 g/mol. The van der Waals surface area contributed by atoms with Crippen LogP contribution in [-0.2, 0) is 22.9 Å². The monoisotopic (exact) mass is 388 g/mol. The number of nitrogens with zero attached hydrogens (tertiary/aromatic N) is 1. The zero-order valence-electron chi connectivity index (χ0n) is 15.2. The van der Waals surface area contributed by atoms with Crippen LogP contribution in [0, 0.1) is 0 Å². The van der Waals surface area contributed by atoms with Gasteiger partial charge in [-0.05, 0) is 30.0 Å². The fourth-order valence-corrected chi connectivity index (χ4v) is 4.65. The molecule has 1 aliphatic carbocycles. The van der Waals surface area contributed by atoms with Crippen molar-refractivity contribution < 1.29 is 17.6 Å². The van der Waals surface area contributed by atoms with E-state index in [2.05, 4.69) is 10.2 Å². The summed E-state index contributed by atoms with van der Waals surface area (Å²) < 4.78 is 28.5. The van der Waals surface area contributed by atoms with Gasteiger partial charge in [-0.25, -0.2) is 8.42 Å². The molecule has 1 saturated carbocycles. The first-order valence-electron chi connectivity index (χ1n) is 9.36. The summed E-state index contributed by atoms with van der Waals surface area (Å²) in [5, 5.41) is 2.96. The van der Waals surface area contributed by atoms with Crippen LogP contribution in [0.1, 0.15) is 46.0 Å². The molecular weight excluding hydrogens is 364 g/mol. The van der Waals surface area contributed by atoms with E-state index >= 15 is 0 Å². The highest BCUT2D eigenvalue weighted by atomic mass is 32.2. The highest BCUT2D eigenvalue weighted by molar-refractivity contribution is 7.91. The molecule has 1 aromatic heterocycles. The number of amides is 1. The third kappa shape index (κ3) is 4.59. The van der Waals surface area contributed by atoms with Gasteiger partial charge in [0.15, 0.2) is 9.84 Å². The molecule has 2 aliphatic rings. The first-order valence-corrected chi connectivity index (χ1v) is 11.2. The molecule has 0 unspecified atom stereocenters. The molecule has 6 nitrogen and oxygen atoms in total. The number of nitrogens with one attached hydrogen (secondary N) is 1. The standard InChI is InChI=1S/C20H24N2O4S/c23-20(18-7-10-26-19(18)17-5-6-17)21-13-15-1-3-16(4-2-15)14-22-8-11-27(24,25)12-9-22/h1-4,7,10,17H,5-6,8-9,11-14H2,(H,21,23). The molecule has 7 heteroatoms. The quantitative estimate of drug-likeness (QED) is 0.822. The lowest BCUT2D eigenvalue weighted by Gasteiger charge is -2.26. The maximum absolute atomic E-state index is 12.4. The molecule has 2 heterocycles. The molecule has 0 atom stereocenters. The van der Waals surface area contributed by atoms with Crippen LogP contribution >= 0.6 is 0 Å². The maximum atomic E-state index is 12.4. The number of hydrogen-bond acceptors (Lipinski definition) is 5. The molecule has 1 aromatic carbocycles. The summed E-state index contributed by atoms with van der Waals surface area (Å²) in [5.74, 6) is 1.61. The summed E-state index contributed by atoms with van der Waals surface area (Å²) in [4.78, 5) is 14.6. The van der Waals surface area contributed by atoms with Crippen LogP contribution in [0.15, 0.2) is 41.0 Å². The number of furan rings is 1. The van der Waals surface area contributed by atoms with Gasteiger partial charge in [0, 0.05) is 32.1 Å². The molecule has 1 amide bonds. The summed E-state index contributed by atoms with van der Waals surface area (Å²) in [5.41, 5.74) is 2.83. The van der Waals surface area contributed by atoms with E-state index in [1.807, 2.05) is 24.3 Å². The molecule has 1 N–H and O–H groups in total. The van der Waals surface area contributed by atoms with E-state index in [4.69, 9.17) is 4.42 Å². The van der Waals surface area contributed by atoms with Crippen molar-refractivity contribution in [2.75, 3.05) is 24.6 Å². The van der Waals surface area contributed by atoms with Crippen molar-refractivity contribution in [3.8, 4) is 0 Å². The Labute approximate surface area is 159 Å². The highest BCUT2D eigenvalue weighted by Crippen LogP contribution is 2.42. The van der Waals surface area contributed by atoms with Gasteiger partial charge < -0.3 is 9.73 Å². The van der Waals surface area contributed by atoms with Gasteiger partial charge in [-0.3, -0.25) is 9.69 Å². The van der Waals surface area contributed by atoms with Gasteiger partial charge in [0.1, 0.15) is 5.76 Å². The summed E-state index contributed by atoms with van der Waals surface area (Å²) >= 11 is 0. The molecule has 1 aliphatic heterocycles. The van der Waals surface area contributed by atoms with Gasteiger partial charge >= 0.3 is 0 Å². The first-order chi connectivity index (χ1) is 13.0. The third-order valence-electron chi connectivity index (χ3n) is 5.21. The summed E-state index contributed by atoms with van der Waals surface area (Å²) in [6, 6.07) is 9.84. The van der Waals surface area contributed by atoms with Crippen molar-refractivity contribution >= 4 is 15.7 Å². The van der Waals surface area contributed by atoms with Gasteiger partial charge in [-0.1, -0.05) is 24.3 Å². The van der Waals surface area contributed by atoms with Crippen molar-refractivity contribution in [3.05, 3.63) is 59.0 Å².